The van der Waals surface area contributed by atoms with E-state index in [9.17, 15) is 8.42 Å². The fraction of sp³-hybridized carbons (Fsp3) is 0.889. The standard InChI is InChI=1S/C9H16N2O3S/c1-8(2-5-10)11-15(12,13)9-3-6-14-7-4-9/h8-9,11H,2-4,6-7H2,1H3. The second-order valence-electron chi connectivity index (χ2n) is 3.74. The van der Waals surface area contributed by atoms with Crippen molar-refractivity contribution < 1.29 is 13.2 Å². The van der Waals surface area contributed by atoms with Gasteiger partial charge in [-0.05, 0) is 19.8 Å². The Bertz CT molecular complexity index is 328. The Balaban J connectivity index is 2.54. The SMILES string of the molecule is CC(CC#N)NS(=O)(=O)C1CCOCC1. The molecule has 1 rings (SSSR count). The molecule has 0 saturated carbocycles. The maximum absolute atomic E-state index is 11.8. The molecule has 0 aromatic rings. The van der Waals surface area contributed by atoms with Crippen molar-refractivity contribution in [3.63, 3.8) is 0 Å². The number of nitrogens with one attached hydrogen (secondary N) is 1. The number of nitriles is 1. The average Bonchev–Trinajstić information content (AvgIpc) is 2.18. The van der Waals surface area contributed by atoms with Crippen molar-refractivity contribution in [3.05, 3.63) is 0 Å². The van der Waals surface area contributed by atoms with Gasteiger partial charge < -0.3 is 4.74 Å². The van der Waals surface area contributed by atoms with Gasteiger partial charge in [-0.25, -0.2) is 13.1 Å². The molecule has 1 saturated heterocycles. The molecule has 5 nitrogen and oxygen atoms in total. The summed E-state index contributed by atoms with van der Waals surface area (Å²) in [6.07, 6.45) is 1.27. The van der Waals surface area contributed by atoms with Gasteiger partial charge in [0.1, 0.15) is 0 Å². The molecule has 0 bridgehead atoms. The van der Waals surface area contributed by atoms with Gasteiger partial charge in [0.15, 0.2) is 0 Å². The first-order chi connectivity index (χ1) is 7.06. The minimum absolute atomic E-state index is 0.197. The van der Waals surface area contributed by atoms with Crippen molar-refractivity contribution in [1.82, 2.24) is 4.72 Å². The molecule has 1 fully saturated rings. The molecular weight excluding hydrogens is 216 g/mol. The smallest absolute Gasteiger partial charge is 0.214 e. The Kier molecular flexibility index (Phi) is 4.51. The lowest BCUT2D eigenvalue weighted by Gasteiger charge is -2.23. The second-order valence-corrected chi connectivity index (χ2v) is 5.73. The molecular formula is C9H16N2O3S. The summed E-state index contributed by atoms with van der Waals surface area (Å²) in [6, 6.07) is 1.62. The maximum atomic E-state index is 11.8. The Morgan fingerprint density at radius 1 is 1.53 bits per heavy atom. The van der Waals surface area contributed by atoms with Crippen LogP contribution in [0.15, 0.2) is 0 Å². The third kappa shape index (κ3) is 3.78. The average molecular weight is 232 g/mol. The van der Waals surface area contributed by atoms with Crippen LogP contribution in [0.3, 0.4) is 0 Å². The molecule has 1 aliphatic heterocycles. The molecule has 1 aliphatic rings. The van der Waals surface area contributed by atoms with Gasteiger partial charge in [0.25, 0.3) is 0 Å². The zero-order chi connectivity index (χ0) is 11.3. The first-order valence-electron chi connectivity index (χ1n) is 5.02. The van der Waals surface area contributed by atoms with E-state index in [1.54, 1.807) is 6.92 Å². The van der Waals surface area contributed by atoms with Crippen LogP contribution < -0.4 is 4.72 Å². The van der Waals surface area contributed by atoms with E-state index in [2.05, 4.69) is 4.72 Å². The lowest BCUT2D eigenvalue weighted by molar-refractivity contribution is 0.0981. The quantitative estimate of drug-likeness (QED) is 0.760. The van der Waals surface area contributed by atoms with Crippen molar-refractivity contribution in [2.75, 3.05) is 13.2 Å². The first kappa shape index (κ1) is 12.4. The zero-order valence-corrected chi connectivity index (χ0v) is 9.59. The van der Waals surface area contributed by atoms with E-state index < -0.39 is 10.0 Å². The maximum Gasteiger partial charge on any atom is 0.214 e. The second kappa shape index (κ2) is 5.45. The predicted molar refractivity (Wildman–Crippen MR) is 55.6 cm³/mol. The highest BCUT2D eigenvalue weighted by Crippen LogP contribution is 2.15. The van der Waals surface area contributed by atoms with Crippen molar-refractivity contribution in [1.29, 1.82) is 5.26 Å². The molecule has 86 valence electrons. The number of rotatable bonds is 4. The third-order valence-corrected chi connectivity index (χ3v) is 4.45. The van der Waals surface area contributed by atoms with Crippen molar-refractivity contribution in [3.8, 4) is 6.07 Å². The molecule has 6 heteroatoms. The Morgan fingerprint density at radius 3 is 2.67 bits per heavy atom. The zero-order valence-electron chi connectivity index (χ0n) is 8.77. The van der Waals surface area contributed by atoms with Gasteiger partial charge in [0.05, 0.1) is 17.7 Å². The van der Waals surface area contributed by atoms with Gasteiger partial charge in [0, 0.05) is 19.3 Å². The van der Waals surface area contributed by atoms with Crippen LogP contribution in [0.2, 0.25) is 0 Å². The number of hydrogen-bond acceptors (Lipinski definition) is 4. The molecule has 0 aromatic carbocycles. The topological polar surface area (TPSA) is 79.2 Å². The monoisotopic (exact) mass is 232 g/mol. The molecule has 0 aliphatic carbocycles. The van der Waals surface area contributed by atoms with E-state index in [4.69, 9.17) is 10.00 Å². The summed E-state index contributed by atoms with van der Waals surface area (Å²) in [4.78, 5) is 0. The molecule has 0 aromatic heterocycles. The summed E-state index contributed by atoms with van der Waals surface area (Å²) in [5, 5.41) is 8.07. The van der Waals surface area contributed by atoms with Crippen LogP contribution in [-0.4, -0.2) is 32.9 Å². The van der Waals surface area contributed by atoms with Gasteiger partial charge in [0.2, 0.25) is 10.0 Å². The molecule has 1 unspecified atom stereocenters. The molecule has 0 spiro atoms. The number of ether oxygens (including phenoxy) is 1. The van der Waals surface area contributed by atoms with Crippen LogP contribution >= 0.6 is 0 Å². The molecule has 0 amide bonds. The van der Waals surface area contributed by atoms with Gasteiger partial charge in [-0.3, -0.25) is 0 Å². The van der Waals surface area contributed by atoms with Crippen LogP contribution in [-0.2, 0) is 14.8 Å². The Labute approximate surface area is 90.5 Å². The molecule has 1 atom stereocenters. The number of nitrogens with zero attached hydrogens (tertiary/aromatic N) is 1. The molecule has 1 heterocycles. The molecule has 1 N–H and O–H groups in total. The third-order valence-electron chi connectivity index (χ3n) is 2.37. The van der Waals surface area contributed by atoms with Gasteiger partial charge in [-0.1, -0.05) is 0 Å². The lowest BCUT2D eigenvalue weighted by atomic mass is 10.2. The summed E-state index contributed by atoms with van der Waals surface area (Å²) >= 11 is 0. The normalized spacial score (nSPS) is 20.8. The summed E-state index contributed by atoms with van der Waals surface area (Å²) in [6.45, 7) is 2.69. The molecule has 0 radical (unpaired) electrons. The summed E-state index contributed by atoms with van der Waals surface area (Å²) < 4.78 is 31.2. The van der Waals surface area contributed by atoms with E-state index in [0.29, 0.717) is 26.1 Å². The Hall–Kier alpha value is -0.640. The van der Waals surface area contributed by atoms with E-state index in [1.165, 1.54) is 0 Å². The van der Waals surface area contributed by atoms with Crippen molar-refractivity contribution in [2.24, 2.45) is 0 Å². The Morgan fingerprint density at radius 2 is 2.13 bits per heavy atom. The number of hydrogen-bond donors (Lipinski definition) is 1. The van der Waals surface area contributed by atoms with E-state index >= 15 is 0 Å². The minimum atomic E-state index is -3.29. The van der Waals surface area contributed by atoms with E-state index in [1.807, 2.05) is 6.07 Å². The van der Waals surface area contributed by atoms with Gasteiger partial charge >= 0.3 is 0 Å². The lowest BCUT2D eigenvalue weighted by Crippen LogP contribution is -2.41. The van der Waals surface area contributed by atoms with Gasteiger partial charge in [-0.2, -0.15) is 5.26 Å². The highest BCUT2D eigenvalue weighted by atomic mass is 32.2. The summed E-state index contributed by atoms with van der Waals surface area (Å²) in [5.74, 6) is 0. The summed E-state index contributed by atoms with van der Waals surface area (Å²) in [5.41, 5.74) is 0. The first-order valence-corrected chi connectivity index (χ1v) is 6.56. The van der Waals surface area contributed by atoms with Crippen LogP contribution in [0.4, 0.5) is 0 Å². The van der Waals surface area contributed by atoms with Crippen LogP contribution in [0, 0.1) is 11.3 Å². The fourth-order valence-corrected chi connectivity index (χ4v) is 3.19. The van der Waals surface area contributed by atoms with E-state index in [0.717, 1.165) is 0 Å². The van der Waals surface area contributed by atoms with Crippen LogP contribution in [0.5, 0.6) is 0 Å². The van der Waals surface area contributed by atoms with E-state index in [-0.39, 0.29) is 17.7 Å². The van der Waals surface area contributed by atoms with Crippen molar-refractivity contribution >= 4 is 10.0 Å². The van der Waals surface area contributed by atoms with Crippen LogP contribution in [0.25, 0.3) is 0 Å². The largest absolute Gasteiger partial charge is 0.381 e. The fourth-order valence-electron chi connectivity index (χ4n) is 1.54. The van der Waals surface area contributed by atoms with Gasteiger partial charge in [-0.15, -0.1) is 0 Å². The highest BCUT2D eigenvalue weighted by Gasteiger charge is 2.28. The highest BCUT2D eigenvalue weighted by molar-refractivity contribution is 7.90. The predicted octanol–water partition coefficient (Wildman–Crippen LogP) is 0.387. The minimum Gasteiger partial charge on any atom is -0.381 e. The van der Waals surface area contributed by atoms with Crippen molar-refractivity contribution in [2.45, 2.75) is 37.5 Å². The van der Waals surface area contributed by atoms with Crippen LogP contribution in [0.1, 0.15) is 26.2 Å². The molecule has 15 heavy (non-hydrogen) atoms. The number of sulfonamides is 1. The summed E-state index contributed by atoms with van der Waals surface area (Å²) in [7, 11) is -3.29.